The van der Waals surface area contributed by atoms with Crippen LogP contribution in [0.3, 0.4) is 0 Å². The van der Waals surface area contributed by atoms with E-state index in [-0.39, 0.29) is 30.7 Å². The maximum absolute atomic E-state index is 12.4. The van der Waals surface area contributed by atoms with Gasteiger partial charge in [-0.05, 0) is 31.2 Å². The number of nitrogens with one attached hydrogen (secondary N) is 1. The standard InChI is InChI=1S/C21H20N4O3/c1-14-5-6-16-17(12-14)21(28)25(20(16)27)11-8-19(26)22-9-7-15-13-24-10-3-2-4-18(24)23-15/h2-6,10,12-13H,7-9,11H2,1H3,(H,22,26). The number of nitrogens with zero attached hydrogens (tertiary/aromatic N) is 3. The highest BCUT2D eigenvalue weighted by Crippen LogP contribution is 2.23. The molecule has 0 fully saturated rings. The lowest BCUT2D eigenvalue weighted by Crippen LogP contribution is -2.35. The third kappa shape index (κ3) is 3.38. The van der Waals surface area contributed by atoms with Crippen LogP contribution in [0.4, 0.5) is 0 Å². The average molecular weight is 376 g/mol. The van der Waals surface area contributed by atoms with Crippen LogP contribution in [0.15, 0.2) is 48.8 Å². The maximum Gasteiger partial charge on any atom is 0.261 e. The molecule has 0 bridgehead atoms. The predicted octanol–water partition coefficient (Wildman–Crippen LogP) is 1.99. The van der Waals surface area contributed by atoms with Gasteiger partial charge in [-0.1, -0.05) is 17.7 Å². The Kier molecular flexibility index (Phi) is 4.65. The highest BCUT2D eigenvalue weighted by Gasteiger charge is 2.35. The van der Waals surface area contributed by atoms with Gasteiger partial charge in [0.1, 0.15) is 5.65 Å². The molecule has 0 unspecified atom stereocenters. The van der Waals surface area contributed by atoms with Crippen molar-refractivity contribution in [2.45, 2.75) is 19.8 Å². The summed E-state index contributed by atoms with van der Waals surface area (Å²) in [5, 5.41) is 2.82. The van der Waals surface area contributed by atoms with Gasteiger partial charge < -0.3 is 9.72 Å². The first-order chi connectivity index (χ1) is 13.5. The van der Waals surface area contributed by atoms with Crippen LogP contribution in [0, 0.1) is 6.92 Å². The lowest BCUT2D eigenvalue weighted by molar-refractivity contribution is -0.121. The summed E-state index contributed by atoms with van der Waals surface area (Å²) in [5.74, 6) is -0.866. The smallest absolute Gasteiger partial charge is 0.261 e. The Bertz CT molecular complexity index is 1050. The molecule has 1 aromatic carbocycles. The highest BCUT2D eigenvalue weighted by atomic mass is 16.2. The molecule has 2 aromatic heterocycles. The Hall–Kier alpha value is -3.48. The summed E-state index contributed by atoms with van der Waals surface area (Å²) in [7, 11) is 0. The van der Waals surface area contributed by atoms with Crippen molar-refractivity contribution in [3.8, 4) is 0 Å². The molecule has 7 heteroatoms. The second kappa shape index (κ2) is 7.26. The number of amides is 3. The fraction of sp³-hybridized carbons (Fsp3) is 0.238. The third-order valence-corrected chi connectivity index (χ3v) is 4.81. The molecule has 4 rings (SSSR count). The molecule has 142 valence electrons. The fourth-order valence-electron chi connectivity index (χ4n) is 3.35. The van der Waals surface area contributed by atoms with E-state index in [1.54, 1.807) is 18.2 Å². The SMILES string of the molecule is Cc1ccc2c(c1)C(=O)N(CCC(=O)NCCc1cn3ccccc3n1)C2=O. The van der Waals surface area contributed by atoms with E-state index in [4.69, 9.17) is 0 Å². The van der Waals surface area contributed by atoms with Gasteiger partial charge >= 0.3 is 0 Å². The summed E-state index contributed by atoms with van der Waals surface area (Å²) >= 11 is 0. The zero-order valence-electron chi connectivity index (χ0n) is 15.5. The number of hydrogen-bond acceptors (Lipinski definition) is 4. The van der Waals surface area contributed by atoms with Crippen molar-refractivity contribution < 1.29 is 14.4 Å². The maximum atomic E-state index is 12.4. The molecule has 0 saturated carbocycles. The quantitative estimate of drug-likeness (QED) is 0.667. The van der Waals surface area contributed by atoms with Gasteiger partial charge in [0.25, 0.3) is 11.8 Å². The minimum absolute atomic E-state index is 0.0750. The van der Waals surface area contributed by atoms with Gasteiger partial charge in [-0.3, -0.25) is 19.3 Å². The summed E-state index contributed by atoms with van der Waals surface area (Å²) in [6, 6.07) is 11.0. The first-order valence-corrected chi connectivity index (χ1v) is 9.19. The van der Waals surface area contributed by atoms with E-state index in [1.807, 2.05) is 41.9 Å². The number of imide groups is 1. The number of carbonyl (C=O) groups excluding carboxylic acids is 3. The van der Waals surface area contributed by atoms with E-state index < -0.39 is 0 Å². The second-order valence-electron chi connectivity index (χ2n) is 6.86. The molecule has 0 radical (unpaired) electrons. The first-order valence-electron chi connectivity index (χ1n) is 9.19. The molecule has 3 amide bonds. The number of aromatic nitrogens is 2. The van der Waals surface area contributed by atoms with Crippen molar-refractivity contribution in [2.24, 2.45) is 0 Å². The van der Waals surface area contributed by atoms with E-state index in [0.29, 0.717) is 24.1 Å². The van der Waals surface area contributed by atoms with Crippen molar-refractivity contribution in [3.05, 3.63) is 71.2 Å². The van der Waals surface area contributed by atoms with Crippen LogP contribution in [-0.2, 0) is 11.2 Å². The van der Waals surface area contributed by atoms with Gasteiger partial charge in [-0.15, -0.1) is 0 Å². The normalized spacial score (nSPS) is 13.2. The number of carbonyl (C=O) groups is 3. The van der Waals surface area contributed by atoms with Crippen molar-refractivity contribution in [1.29, 1.82) is 0 Å². The number of hydrogen-bond donors (Lipinski definition) is 1. The molecule has 1 aliphatic heterocycles. The Balaban J connectivity index is 1.28. The van der Waals surface area contributed by atoms with Crippen LogP contribution in [-0.4, -0.2) is 45.1 Å². The van der Waals surface area contributed by atoms with E-state index in [0.717, 1.165) is 21.8 Å². The number of rotatable bonds is 6. The lowest BCUT2D eigenvalue weighted by Gasteiger charge is -2.13. The van der Waals surface area contributed by atoms with Crippen LogP contribution in [0.1, 0.15) is 38.4 Å². The van der Waals surface area contributed by atoms with Crippen molar-refractivity contribution in [2.75, 3.05) is 13.1 Å². The molecule has 1 N–H and O–H groups in total. The van der Waals surface area contributed by atoms with Crippen LogP contribution < -0.4 is 5.32 Å². The first kappa shape index (κ1) is 17.9. The van der Waals surface area contributed by atoms with Gasteiger partial charge in [0.15, 0.2) is 0 Å². The minimum Gasteiger partial charge on any atom is -0.356 e. The molecule has 0 spiro atoms. The zero-order valence-corrected chi connectivity index (χ0v) is 15.5. The van der Waals surface area contributed by atoms with Crippen molar-refractivity contribution >= 4 is 23.4 Å². The van der Waals surface area contributed by atoms with E-state index in [9.17, 15) is 14.4 Å². The van der Waals surface area contributed by atoms with Gasteiger partial charge in [-0.2, -0.15) is 0 Å². The summed E-state index contributed by atoms with van der Waals surface area (Å²) < 4.78 is 1.93. The highest BCUT2D eigenvalue weighted by molar-refractivity contribution is 6.21. The Morgan fingerprint density at radius 3 is 2.75 bits per heavy atom. The third-order valence-electron chi connectivity index (χ3n) is 4.81. The molecule has 0 aliphatic carbocycles. The summed E-state index contributed by atoms with van der Waals surface area (Å²) in [4.78, 5) is 42.5. The van der Waals surface area contributed by atoms with Gasteiger partial charge in [0.2, 0.25) is 5.91 Å². The van der Waals surface area contributed by atoms with Crippen LogP contribution in [0.25, 0.3) is 5.65 Å². The molecule has 0 atom stereocenters. The molecular weight excluding hydrogens is 356 g/mol. The van der Waals surface area contributed by atoms with Gasteiger partial charge in [0, 0.05) is 38.3 Å². The van der Waals surface area contributed by atoms with Crippen LogP contribution in [0.5, 0.6) is 0 Å². The van der Waals surface area contributed by atoms with E-state index in [1.165, 1.54) is 0 Å². The molecule has 3 aromatic rings. The summed E-state index contributed by atoms with van der Waals surface area (Å²) in [6.07, 6.45) is 4.55. The summed E-state index contributed by atoms with van der Waals surface area (Å²) in [5.41, 5.74) is 3.50. The lowest BCUT2D eigenvalue weighted by atomic mass is 10.1. The number of aryl methyl sites for hydroxylation is 1. The number of fused-ring (bicyclic) bond motifs is 2. The fourth-order valence-corrected chi connectivity index (χ4v) is 3.35. The molecule has 1 aliphatic rings. The van der Waals surface area contributed by atoms with Crippen LogP contribution in [0.2, 0.25) is 0 Å². The molecule has 0 saturated heterocycles. The van der Waals surface area contributed by atoms with Gasteiger partial charge in [-0.25, -0.2) is 4.98 Å². The molecule has 3 heterocycles. The minimum atomic E-state index is -0.336. The van der Waals surface area contributed by atoms with E-state index >= 15 is 0 Å². The average Bonchev–Trinajstić information content (AvgIpc) is 3.19. The number of benzene rings is 1. The van der Waals surface area contributed by atoms with E-state index in [2.05, 4.69) is 10.3 Å². The largest absolute Gasteiger partial charge is 0.356 e. The topological polar surface area (TPSA) is 83.8 Å². The number of pyridine rings is 1. The van der Waals surface area contributed by atoms with Crippen molar-refractivity contribution in [1.82, 2.24) is 19.6 Å². The molecule has 28 heavy (non-hydrogen) atoms. The monoisotopic (exact) mass is 376 g/mol. The van der Waals surface area contributed by atoms with Gasteiger partial charge in [0.05, 0.1) is 16.8 Å². The zero-order chi connectivity index (χ0) is 19.7. The second-order valence-corrected chi connectivity index (χ2v) is 6.86. The molecule has 7 nitrogen and oxygen atoms in total. The Labute approximate surface area is 162 Å². The molecular formula is C21H20N4O3. The summed E-state index contributed by atoms with van der Waals surface area (Å²) in [6.45, 7) is 2.40. The van der Waals surface area contributed by atoms with Crippen molar-refractivity contribution in [3.63, 3.8) is 0 Å². The predicted molar refractivity (Wildman–Crippen MR) is 103 cm³/mol. The number of imidazole rings is 1. The van der Waals surface area contributed by atoms with Crippen LogP contribution >= 0.6 is 0 Å². The Morgan fingerprint density at radius 1 is 1.11 bits per heavy atom. The Morgan fingerprint density at radius 2 is 1.93 bits per heavy atom.